The minimum Gasteiger partial charge on any atom is -0.294 e. The fraction of sp³-hybridized carbons (Fsp3) is 0.462. The molecule has 0 unspecified atom stereocenters. The van der Waals surface area contributed by atoms with Gasteiger partial charge in [0.25, 0.3) is 0 Å². The Morgan fingerprint density at radius 1 is 1.43 bits per heavy atom. The maximum Gasteiger partial charge on any atom is 0.164 e. The molecule has 1 heteroatoms. The van der Waals surface area contributed by atoms with Crippen LogP contribution in [0, 0.1) is 5.41 Å². The van der Waals surface area contributed by atoms with Crippen molar-refractivity contribution in [3.63, 3.8) is 0 Å². The van der Waals surface area contributed by atoms with Gasteiger partial charge >= 0.3 is 0 Å². The van der Waals surface area contributed by atoms with Crippen LogP contribution in [0.3, 0.4) is 0 Å². The van der Waals surface area contributed by atoms with Gasteiger partial charge < -0.3 is 0 Å². The van der Waals surface area contributed by atoms with Crippen LogP contribution in [0.2, 0.25) is 0 Å². The zero-order chi connectivity index (χ0) is 10.8. The molecular formula is C13H18O. The quantitative estimate of drug-likeness (QED) is 0.619. The van der Waals surface area contributed by atoms with E-state index < -0.39 is 0 Å². The van der Waals surface area contributed by atoms with E-state index in [4.69, 9.17) is 0 Å². The highest BCUT2D eigenvalue weighted by Crippen LogP contribution is 2.34. The third kappa shape index (κ3) is 2.22. The summed E-state index contributed by atoms with van der Waals surface area (Å²) in [5.74, 6) is 0.273. The molecule has 76 valence electrons. The van der Waals surface area contributed by atoms with Gasteiger partial charge in [0.15, 0.2) is 5.78 Å². The van der Waals surface area contributed by atoms with Gasteiger partial charge in [-0.05, 0) is 31.4 Å². The Balaban J connectivity index is 3.02. The molecule has 0 bridgehead atoms. The topological polar surface area (TPSA) is 17.1 Å². The molecular weight excluding hydrogens is 172 g/mol. The Kier molecular flexibility index (Phi) is 3.10. The Bertz CT molecular complexity index is 327. The average Bonchev–Trinajstić information content (AvgIpc) is 2.10. The second kappa shape index (κ2) is 3.95. The van der Waals surface area contributed by atoms with Crippen LogP contribution in [0.4, 0.5) is 0 Å². The number of carbonyl (C=O) groups is 1. The van der Waals surface area contributed by atoms with E-state index in [2.05, 4.69) is 6.08 Å². The third-order valence-corrected chi connectivity index (χ3v) is 2.52. The van der Waals surface area contributed by atoms with Crippen LogP contribution in [0.1, 0.15) is 34.1 Å². The molecule has 0 atom stereocenters. The molecule has 1 aliphatic carbocycles. The van der Waals surface area contributed by atoms with Crippen LogP contribution in [-0.2, 0) is 4.79 Å². The number of hydrogen-bond acceptors (Lipinski definition) is 1. The highest BCUT2D eigenvalue weighted by molar-refractivity contribution is 6.00. The molecule has 0 amide bonds. The van der Waals surface area contributed by atoms with Crippen molar-refractivity contribution < 1.29 is 4.79 Å². The summed E-state index contributed by atoms with van der Waals surface area (Å²) in [5, 5.41) is 0. The molecule has 1 rings (SSSR count). The van der Waals surface area contributed by atoms with Gasteiger partial charge in [0.1, 0.15) is 0 Å². The highest BCUT2D eigenvalue weighted by atomic mass is 16.1. The van der Waals surface area contributed by atoms with E-state index >= 15 is 0 Å². The standard InChI is InChI=1S/C13H18O/c1-5-6-7-11-8-10(2)12(14)13(3,4)9-11/h5-8H,9H2,1-4H3/b6-5+,11-7+. The first-order chi connectivity index (χ1) is 6.47. The molecule has 14 heavy (non-hydrogen) atoms. The molecule has 0 spiro atoms. The predicted molar refractivity (Wildman–Crippen MR) is 60.1 cm³/mol. The highest BCUT2D eigenvalue weighted by Gasteiger charge is 2.32. The fourth-order valence-corrected chi connectivity index (χ4v) is 1.85. The summed E-state index contributed by atoms with van der Waals surface area (Å²) < 4.78 is 0. The van der Waals surface area contributed by atoms with Gasteiger partial charge in [0.2, 0.25) is 0 Å². The summed E-state index contributed by atoms with van der Waals surface area (Å²) in [5.41, 5.74) is 1.88. The van der Waals surface area contributed by atoms with Gasteiger partial charge in [-0.25, -0.2) is 0 Å². The molecule has 0 N–H and O–H groups in total. The number of ketones is 1. The molecule has 0 heterocycles. The largest absolute Gasteiger partial charge is 0.294 e. The van der Waals surface area contributed by atoms with E-state index in [0.717, 1.165) is 12.0 Å². The minimum atomic E-state index is -0.230. The van der Waals surface area contributed by atoms with Crippen molar-refractivity contribution in [3.05, 3.63) is 35.5 Å². The van der Waals surface area contributed by atoms with Gasteiger partial charge in [-0.3, -0.25) is 4.79 Å². The molecule has 0 aromatic carbocycles. The molecule has 0 saturated carbocycles. The Morgan fingerprint density at radius 3 is 2.57 bits per heavy atom. The van der Waals surface area contributed by atoms with E-state index in [-0.39, 0.29) is 11.2 Å². The van der Waals surface area contributed by atoms with E-state index in [1.165, 1.54) is 5.57 Å². The zero-order valence-electron chi connectivity index (χ0n) is 9.42. The van der Waals surface area contributed by atoms with Gasteiger partial charge in [-0.1, -0.05) is 38.2 Å². The van der Waals surface area contributed by atoms with E-state index in [1.807, 2.05) is 45.9 Å². The van der Waals surface area contributed by atoms with Crippen molar-refractivity contribution in [2.75, 3.05) is 0 Å². The van der Waals surface area contributed by atoms with Crippen molar-refractivity contribution in [1.29, 1.82) is 0 Å². The molecule has 0 aromatic rings. The number of Topliss-reactive ketones (excluding diaryl/α,β-unsaturated/α-hetero) is 1. The Hall–Kier alpha value is -1.11. The van der Waals surface area contributed by atoms with Crippen LogP contribution in [-0.4, -0.2) is 5.78 Å². The van der Waals surface area contributed by atoms with Crippen LogP contribution >= 0.6 is 0 Å². The van der Waals surface area contributed by atoms with E-state index in [9.17, 15) is 4.79 Å². The Labute approximate surface area is 86.2 Å². The molecule has 1 aliphatic rings. The zero-order valence-corrected chi connectivity index (χ0v) is 9.42. The van der Waals surface area contributed by atoms with Crippen LogP contribution in [0.5, 0.6) is 0 Å². The summed E-state index contributed by atoms with van der Waals surface area (Å²) in [6, 6.07) is 0. The molecule has 1 nitrogen and oxygen atoms in total. The molecule has 0 aromatic heterocycles. The lowest BCUT2D eigenvalue weighted by molar-refractivity contribution is -0.123. The van der Waals surface area contributed by atoms with Crippen molar-refractivity contribution >= 4 is 5.78 Å². The molecule has 0 radical (unpaired) electrons. The third-order valence-electron chi connectivity index (χ3n) is 2.52. The molecule has 0 saturated heterocycles. The average molecular weight is 190 g/mol. The lowest BCUT2D eigenvalue weighted by Gasteiger charge is -2.28. The predicted octanol–water partition coefficient (Wildman–Crippen LogP) is 3.43. The van der Waals surface area contributed by atoms with Crippen molar-refractivity contribution in [3.8, 4) is 0 Å². The first kappa shape index (κ1) is 11.0. The maximum absolute atomic E-state index is 11.8. The van der Waals surface area contributed by atoms with E-state index in [0.29, 0.717) is 0 Å². The van der Waals surface area contributed by atoms with Crippen LogP contribution < -0.4 is 0 Å². The van der Waals surface area contributed by atoms with Gasteiger partial charge in [-0.2, -0.15) is 0 Å². The van der Waals surface area contributed by atoms with Gasteiger partial charge in [-0.15, -0.1) is 0 Å². The number of carbonyl (C=O) groups excluding carboxylic acids is 1. The van der Waals surface area contributed by atoms with Crippen LogP contribution in [0.15, 0.2) is 35.5 Å². The van der Waals surface area contributed by atoms with Gasteiger partial charge in [0, 0.05) is 5.41 Å². The lowest BCUT2D eigenvalue weighted by Crippen LogP contribution is -2.28. The maximum atomic E-state index is 11.8. The lowest BCUT2D eigenvalue weighted by atomic mass is 9.74. The number of hydrogen-bond donors (Lipinski definition) is 0. The first-order valence-corrected chi connectivity index (χ1v) is 5.02. The first-order valence-electron chi connectivity index (χ1n) is 5.02. The van der Waals surface area contributed by atoms with Crippen molar-refractivity contribution in [2.45, 2.75) is 34.1 Å². The molecule has 0 aliphatic heterocycles. The summed E-state index contributed by atoms with van der Waals surface area (Å²) >= 11 is 0. The fourth-order valence-electron chi connectivity index (χ4n) is 1.85. The molecule has 0 fully saturated rings. The summed E-state index contributed by atoms with van der Waals surface area (Å²) in [7, 11) is 0. The van der Waals surface area contributed by atoms with Gasteiger partial charge in [0.05, 0.1) is 0 Å². The SMILES string of the molecule is C/C=C/C=C1\C=C(C)C(=O)C(C)(C)C1. The Morgan fingerprint density at radius 2 is 2.07 bits per heavy atom. The number of allylic oxidation sites excluding steroid dienone is 6. The second-order valence-electron chi connectivity index (χ2n) is 4.48. The number of rotatable bonds is 1. The summed E-state index contributed by atoms with van der Waals surface area (Å²) in [4.78, 5) is 11.8. The van der Waals surface area contributed by atoms with Crippen LogP contribution in [0.25, 0.3) is 0 Å². The second-order valence-corrected chi connectivity index (χ2v) is 4.48. The van der Waals surface area contributed by atoms with E-state index in [1.54, 1.807) is 0 Å². The summed E-state index contributed by atoms with van der Waals surface area (Å²) in [6.07, 6.45) is 8.93. The summed E-state index contributed by atoms with van der Waals surface area (Å²) in [6.45, 7) is 7.91. The minimum absolute atomic E-state index is 0.230. The normalized spacial score (nSPS) is 24.4. The monoisotopic (exact) mass is 190 g/mol. The van der Waals surface area contributed by atoms with Crippen molar-refractivity contribution in [2.24, 2.45) is 5.41 Å². The van der Waals surface area contributed by atoms with Crippen molar-refractivity contribution in [1.82, 2.24) is 0 Å². The smallest absolute Gasteiger partial charge is 0.164 e.